The minimum Gasteiger partial charge on any atom is -0.356 e. The SMILES string of the molecule is CC(C)CCNC(=O)CCN(c1ccc(F)c(F)c1)S(C)(=O)=O. The molecule has 0 aromatic heterocycles. The quantitative estimate of drug-likeness (QED) is 0.784. The van der Waals surface area contributed by atoms with Gasteiger partial charge in [0.25, 0.3) is 0 Å². The molecule has 1 amide bonds. The van der Waals surface area contributed by atoms with Crippen LogP contribution in [0.3, 0.4) is 0 Å². The van der Waals surface area contributed by atoms with Gasteiger partial charge in [-0.2, -0.15) is 0 Å². The van der Waals surface area contributed by atoms with Gasteiger partial charge >= 0.3 is 0 Å². The zero-order valence-electron chi connectivity index (χ0n) is 13.5. The standard InChI is InChI=1S/C15H22F2N2O3S/c1-11(2)6-8-18-15(20)7-9-19(23(3,21)22)12-4-5-13(16)14(17)10-12/h4-5,10-11H,6-9H2,1-3H3,(H,18,20). The van der Waals surface area contributed by atoms with Crippen LogP contribution in [-0.4, -0.2) is 33.7 Å². The zero-order valence-corrected chi connectivity index (χ0v) is 14.3. The van der Waals surface area contributed by atoms with Crippen molar-refractivity contribution < 1.29 is 22.0 Å². The van der Waals surface area contributed by atoms with Gasteiger partial charge in [-0.25, -0.2) is 17.2 Å². The monoisotopic (exact) mass is 348 g/mol. The second-order valence-electron chi connectivity index (χ2n) is 5.72. The van der Waals surface area contributed by atoms with Crippen LogP contribution in [0, 0.1) is 17.6 Å². The van der Waals surface area contributed by atoms with Gasteiger partial charge in [-0.3, -0.25) is 9.10 Å². The average molecular weight is 348 g/mol. The Hall–Kier alpha value is -1.70. The molecule has 0 saturated heterocycles. The first kappa shape index (κ1) is 19.3. The van der Waals surface area contributed by atoms with E-state index in [-0.39, 0.29) is 24.6 Å². The van der Waals surface area contributed by atoms with Crippen LogP contribution in [0.1, 0.15) is 26.7 Å². The van der Waals surface area contributed by atoms with Crippen molar-refractivity contribution in [1.82, 2.24) is 5.32 Å². The minimum absolute atomic E-state index is 0.0126. The Morgan fingerprint density at radius 1 is 1.26 bits per heavy atom. The van der Waals surface area contributed by atoms with Crippen molar-refractivity contribution in [3.63, 3.8) is 0 Å². The lowest BCUT2D eigenvalue weighted by Gasteiger charge is -2.22. The summed E-state index contributed by atoms with van der Waals surface area (Å²) in [5.41, 5.74) is -0.0126. The van der Waals surface area contributed by atoms with E-state index in [1.165, 1.54) is 0 Å². The number of benzene rings is 1. The Bertz CT molecular complexity index is 648. The molecule has 5 nitrogen and oxygen atoms in total. The highest BCUT2D eigenvalue weighted by Crippen LogP contribution is 2.20. The Labute approximate surface area is 135 Å². The van der Waals surface area contributed by atoms with E-state index in [0.717, 1.165) is 35.2 Å². The maximum absolute atomic E-state index is 13.3. The molecule has 23 heavy (non-hydrogen) atoms. The van der Waals surface area contributed by atoms with Gasteiger partial charge in [-0.15, -0.1) is 0 Å². The molecule has 0 heterocycles. The van der Waals surface area contributed by atoms with Crippen molar-refractivity contribution in [3.05, 3.63) is 29.8 Å². The molecular weight excluding hydrogens is 326 g/mol. The van der Waals surface area contributed by atoms with Crippen LogP contribution >= 0.6 is 0 Å². The Balaban J connectivity index is 2.73. The third-order valence-electron chi connectivity index (χ3n) is 3.18. The number of amides is 1. The van der Waals surface area contributed by atoms with Crippen molar-refractivity contribution in [3.8, 4) is 0 Å². The van der Waals surface area contributed by atoms with Crippen LogP contribution in [0.25, 0.3) is 0 Å². The summed E-state index contributed by atoms with van der Waals surface area (Å²) in [4.78, 5) is 11.7. The summed E-state index contributed by atoms with van der Waals surface area (Å²) in [5, 5.41) is 2.70. The van der Waals surface area contributed by atoms with E-state index < -0.39 is 21.7 Å². The number of hydrogen-bond acceptors (Lipinski definition) is 3. The van der Waals surface area contributed by atoms with Crippen LogP contribution < -0.4 is 9.62 Å². The van der Waals surface area contributed by atoms with E-state index in [1.54, 1.807) is 0 Å². The van der Waals surface area contributed by atoms with Crippen molar-refractivity contribution in [2.45, 2.75) is 26.7 Å². The Morgan fingerprint density at radius 3 is 2.43 bits per heavy atom. The van der Waals surface area contributed by atoms with Gasteiger partial charge in [0.15, 0.2) is 11.6 Å². The van der Waals surface area contributed by atoms with Crippen molar-refractivity contribution in [2.24, 2.45) is 5.92 Å². The maximum atomic E-state index is 13.3. The highest BCUT2D eigenvalue weighted by atomic mass is 32.2. The Kier molecular flexibility index (Phi) is 6.93. The lowest BCUT2D eigenvalue weighted by Crippen LogP contribution is -2.35. The van der Waals surface area contributed by atoms with Crippen LogP contribution in [-0.2, 0) is 14.8 Å². The fourth-order valence-corrected chi connectivity index (χ4v) is 2.84. The molecule has 1 aromatic rings. The zero-order chi connectivity index (χ0) is 17.6. The van der Waals surface area contributed by atoms with E-state index in [4.69, 9.17) is 0 Å². The summed E-state index contributed by atoms with van der Waals surface area (Å²) >= 11 is 0. The van der Waals surface area contributed by atoms with E-state index in [1.807, 2.05) is 13.8 Å². The number of halogens is 2. The summed E-state index contributed by atoms with van der Waals surface area (Å²) in [6.45, 7) is 4.43. The van der Waals surface area contributed by atoms with E-state index in [0.29, 0.717) is 12.5 Å². The molecule has 0 unspecified atom stereocenters. The van der Waals surface area contributed by atoms with Gasteiger partial charge in [-0.05, 0) is 24.5 Å². The van der Waals surface area contributed by atoms with Crippen LogP contribution in [0.15, 0.2) is 18.2 Å². The highest BCUT2D eigenvalue weighted by molar-refractivity contribution is 7.92. The average Bonchev–Trinajstić information content (AvgIpc) is 2.41. The number of carbonyl (C=O) groups excluding carboxylic acids is 1. The molecule has 0 radical (unpaired) electrons. The molecule has 1 aromatic carbocycles. The number of hydrogen-bond donors (Lipinski definition) is 1. The van der Waals surface area contributed by atoms with Gasteiger partial charge in [0.2, 0.25) is 15.9 Å². The molecule has 0 bridgehead atoms. The van der Waals surface area contributed by atoms with Crippen LogP contribution in [0.5, 0.6) is 0 Å². The Morgan fingerprint density at radius 2 is 1.91 bits per heavy atom. The second kappa shape index (κ2) is 8.24. The third kappa shape index (κ3) is 6.52. The molecule has 130 valence electrons. The number of sulfonamides is 1. The topological polar surface area (TPSA) is 66.5 Å². The summed E-state index contributed by atoms with van der Waals surface area (Å²) < 4.78 is 50.8. The van der Waals surface area contributed by atoms with Gasteiger partial charge in [0, 0.05) is 25.6 Å². The van der Waals surface area contributed by atoms with E-state index >= 15 is 0 Å². The lowest BCUT2D eigenvalue weighted by atomic mass is 10.1. The molecule has 0 fully saturated rings. The second-order valence-corrected chi connectivity index (χ2v) is 7.62. The predicted octanol–water partition coefficient (Wildman–Crippen LogP) is 2.28. The largest absolute Gasteiger partial charge is 0.356 e. The molecule has 0 aliphatic carbocycles. The third-order valence-corrected chi connectivity index (χ3v) is 4.37. The summed E-state index contributed by atoms with van der Waals surface area (Å²) in [6.07, 6.45) is 1.71. The fourth-order valence-electron chi connectivity index (χ4n) is 1.92. The molecule has 0 saturated carbocycles. The highest BCUT2D eigenvalue weighted by Gasteiger charge is 2.20. The molecule has 1 rings (SSSR count). The molecule has 0 atom stereocenters. The lowest BCUT2D eigenvalue weighted by molar-refractivity contribution is -0.120. The van der Waals surface area contributed by atoms with Crippen molar-refractivity contribution in [1.29, 1.82) is 0 Å². The first-order chi connectivity index (χ1) is 10.6. The van der Waals surface area contributed by atoms with Gasteiger partial charge in [-0.1, -0.05) is 13.8 Å². The van der Waals surface area contributed by atoms with Crippen LogP contribution in [0.4, 0.5) is 14.5 Å². The molecule has 0 spiro atoms. The van der Waals surface area contributed by atoms with E-state index in [9.17, 15) is 22.0 Å². The van der Waals surface area contributed by atoms with Crippen LogP contribution in [0.2, 0.25) is 0 Å². The van der Waals surface area contributed by atoms with E-state index in [2.05, 4.69) is 5.32 Å². The minimum atomic E-state index is -3.71. The molecule has 0 aliphatic heterocycles. The number of anilines is 1. The molecule has 8 heteroatoms. The normalized spacial score (nSPS) is 11.6. The van der Waals surface area contributed by atoms with Crippen molar-refractivity contribution >= 4 is 21.6 Å². The van der Waals surface area contributed by atoms with Crippen molar-refractivity contribution in [2.75, 3.05) is 23.7 Å². The first-order valence-electron chi connectivity index (χ1n) is 7.30. The maximum Gasteiger partial charge on any atom is 0.232 e. The number of nitrogens with one attached hydrogen (secondary N) is 1. The molecule has 1 N–H and O–H groups in total. The number of nitrogens with zero attached hydrogens (tertiary/aromatic N) is 1. The summed E-state index contributed by atoms with van der Waals surface area (Å²) in [5.74, 6) is -2.04. The molecule has 0 aliphatic rings. The van der Waals surface area contributed by atoms with Gasteiger partial charge < -0.3 is 5.32 Å². The van der Waals surface area contributed by atoms with Gasteiger partial charge in [0.05, 0.1) is 11.9 Å². The van der Waals surface area contributed by atoms with Gasteiger partial charge in [0.1, 0.15) is 0 Å². The number of carbonyl (C=O) groups is 1. The molecular formula is C15H22F2N2O3S. The smallest absolute Gasteiger partial charge is 0.232 e. The number of rotatable bonds is 8. The predicted molar refractivity (Wildman–Crippen MR) is 85.6 cm³/mol. The fraction of sp³-hybridized carbons (Fsp3) is 0.533. The summed E-state index contributed by atoms with van der Waals surface area (Å²) in [7, 11) is -3.71. The summed E-state index contributed by atoms with van der Waals surface area (Å²) in [6, 6.07) is 2.81. The first-order valence-corrected chi connectivity index (χ1v) is 9.15.